The molecule has 3 aromatic rings. The van der Waals surface area contributed by atoms with E-state index in [0.717, 1.165) is 15.5 Å². The fraction of sp³-hybridized carbons (Fsp3) is 0.342. The van der Waals surface area contributed by atoms with Gasteiger partial charge in [0.25, 0.3) is 11.8 Å². The molecule has 0 radical (unpaired) electrons. The van der Waals surface area contributed by atoms with Crippen LogP contribution < -0.4 is 14.9 Å². The zero-order chi connectivity index (χ0) is 35.5. The highest BCUT2D eigenvalue weighted by Crippen LogP contribution is 2.66. The summed E-state index contributed by atoms with van der Waals surface area (Å²) in [6.45, 7) is 1.67. The standard InChI is InChI=1S/C38H37N3O9/c1-20-9-11-22(12-10-20)39-41-35(46)27-19-26-24(13-14-25-31(26)36(47)40(34(25)45)16-15-30(43)44)33(32-28(49-2)17-23(42)18-29(32)50-3)38(27,37(41)48)21-7-5-4-6-8-21/h4-13,17-18,25-27,31,33,39,42H,14-16,19H2,1-3H3,(H,43,44)/t25-,26+,27-,31-,33+,38+/m0/s1. The van der Waals surface area contributed by atoms with Gasteiger partial charge in [0.1, 0.15) is 17.2 Å². The Morgan fingerprint density at radius 1 is 0.920 bits per heavy atom. The molecule has 12 heteroatoms. The number of aromatic hydroxyl groups is 1. The quantitative estimate of drug-likeness (QED) is 0.221. The van der Waals surface area contributed by atoms with E-state index in [1.165, 1.54) is 26.4 Å². The number of hydrogen-bond donors (Lipinski definition) is 3. The Balaban J connectivity index is 1.47. The van der Waals surface area contributed by atoms with Crippen molar-refractivity contribution >= 4 is 35.3 Å². The van der Waals surface area contributed by atoms with Crippen LogP contribution in [0.15, 0.2) is 78.4 Å². The highest BCUT2D eigenvalue weighted by Gasteiger charge is 2.71. The lowest BCUT2D eigenvalue weighted by atomic mass is 9.49. The minimum Gasteiger partial charge on any atom is -0.508 e. The number of methoxy groups -OCH3 is 2. The van der Waals surface area contributed by atoms with Crippen LogP contribution in [0.3, 0.4) is 0 Å². The summed E-state index contributed by atoms with van der Waals surface area (Å²) in [5.74, 6) is -7.02. The minimum absolute atomic E-state index is 0.0730. The van der Waals surface area contributed by atoms with Crippen LogP contribution in [0.1, 0.15) is 41.9 Å². The number of nitrogens with zero attached hydrogens (tertiary/aromatic N) is 2. The summed E-state index contributed by atoms with van der Waals surface area (Å²) in [6, 6.07) is 19.2. The van der Waals surface area contributed by atoms with Gasteiger partial charge >= 0.3 is 5.97 Å². The zero-order valence-corrected chi connectivity index (χ0v) is 27.8. The summed E-state index contributed by atoms with van der Waals surface area (Å²) in [7, 11) is 2.87. The van der Waals surface area contributed by atoms with Crippen LogP contribution in [0.25, 0.3) is 0 Å². The number of carboxylic acid groups (broad SMARTS) is 1. The lowest BCUT2D eigenvalue weighted by molar-refractivity contribution is -0.143. The van der Waals surface area contributed by atoms with Crippen LogP contribution >= 0.6 is 0 Å². The fourth-order valence-corrected chi connectivity index (χ4v) is 8.76. The first-order chi connectivity index (χ1) is 24.0. The molecule has 2 aliphatic heterocycles. The number of rotatable bonds is 9. The number of carbonyl (C=O) groups excluding carboxylic acids is 4. The van der Waals surface area contributed by atoms with Crippen LogP contribution in [0.4, 0.5) is 5.69 Å². The van der Waals surface area contributed by atoms with Gasteiger partial charge in [-0.25, -0.2) is 0 Å². The van der Waals surface area contributed by atoms with E-state index < -0.39 is 71.0 Å². The molecule has 3 fully saturated rings. The Labute approximate surface area is 288 Å². The highest BCUT2D eigenvalue weighted by atomic mass is 16.5. The first-order valence-corrected chi connectivity index (χ1v) is 16.5. The number of phenolic OH excluding ortho intramolecular Hbond substituents is 1. The molecule has 7 rings (SSSR count). The number of hydrazine groups is 1. The summed E-state index contributed by atoms with van der Waals surface area (Å²) < 4.78 is 11.7. The number of phenols is 1. The molecule has 2 aliphatic carbocycles. The number of amides is 4. The minimum atomic E-state index is -1.57. The summed E-state index contributed by atoms with van der Waals surface area (Å²) in [5.41, 5.74) is 4.66. The average molecular weight is 680 g/mol. The molecule has 0 bridgehead atoms. The number of aliphatic carboxylic acids is 1. The number of carboxylic acids is 1. The first-order valence-electron chi connectivity index (χ1n) is 16.5. The maximum Gasteiger partial charge on any atom is 0.305 e. The third-order valence-corrected chi connectivity index (χ3v) is 10.9. The smallest absolute Gasteiger partial charge is 0.305 e. The molecule has 4 aliphatic rings. The molecule has 50 heavy (non-hydrogen) atoms. The number of anilines is 1. The summed E-state index contributed by atoms with van der Waals surface area (Å²) in [4.78, 5) is 70.3. The van der Waals surface area contributed by atoms with Crippen molar-refractivity contribution < 1.29 is 43.7 Å². The Bertz CT molecular complexity index is 1920. The van der Waals surface area contributed by atoms with E-state index >= 15 is 4.79 Å². The van der Waals surface area contributed by atoms with Crippen molar-refractivity contribution in [2.45, 2.75) is 37.5 Å². The zero-order valence-electron chi connectivity index (χ0n) is 27.8. The van der Waals surface area contributed by atoms with E-state index in [2.05, 4.69) is 5.43 Å². The van der Waals surface area contributed by atoms with Crippen molar-refractivity contribution in [1.29, 1.82) is 0 Å². The maximum atomic E-state index is 15.3. The molecule has 2 saturated heterocycles. The second-order valence-electron chi connectivity index (χ2n) is 13.3. The van der Waals surface area contributed by atoms with Gasteiger partial charge in [-0.3, -0.25) is 34.3 Å². The van der Waals surface area contributed by atoms with E-state index in [1.807, 2.05) is 43.3 Å². The normalized spacial score (nSPS) is 27.0. The number of nitrogens with one attached hydrogen (secondary N) is 1. The number of likely N-dealkylation sites (tertiary alicyclic amines) is 1. The number of aryl methyl sites for hydroxylation is 1. The second kappa shape index (κ2) is 12.3. The molecule has 0 aromatic heterocycles. The van der Waals surface area contributed by atoms with Crippen LogP contribution in [0, 0.1) is 30.6 Å². The van der Waals surface area contributed by atoms with Gasteiger partial charge in [0, 0.05) is 30.2 Å². The largest absolute Gasteiger partial charge is 0.508 e. The Kier molecular flexibility index (Phi) is 8.12. The van der Waals surface area contributed by atoms with E-state index in [9.17, 15) is 29.4 Å². The van der Waals surface area contributed by atoms with Gasteiger partial charge in [0.15, 0.2) is 0 Å². The molecule has 0 unspecified atom stereocenters. The van der Waals surface area contributed by atoms with Crippen molar-refractivity contribution in [1.82, 2.24) is 9.91 Å². The number of carbonyl (C=O) groups is 5. The van der Waals surface area contributed by atoms with Gasteiger partial charge in [-0.2, -0.15) is 5.01 Å². The van der Waals surface area contributed by atoms with Crippen molar-refractivity contribution in [2.24, 2.45) is 23.7 Å². The van der Waals surface area contributed by atoms with Crippen LogP contribution in [0.2, 0.25) is 0 Å². The van der Waals surface area contributed by atoms with Gasteiger partial charge in [0.05, 0.1) is 49.5 Å². The molecule has 4 amide bonds. The van der Waals surface area contributed by atoms with Crippen molar-refractivity contribution in [3.63, 3.8) is 0 Å². The molecule has 3 N–H and O–H groups in total. The first kappa shape index (κ1) is 32.9. The molecule has 3 aromatic carbocycles. The van der Waals surface area contributed by atoms with Gasteiger partial charge in [0.2, 0.25) is 11.8 Å². The summed E-state index contributed by atoms with van der Waals surface area (Å²) in [6.07, 6.45) is 1.75. The predicted molar refractivity (Wildman–Crippen MR) is 179 cm³/mol. The average Bonchev–Trinajstić information content (AvgIpc) is 3.48. The lowest BCUT2D eigenvalue weighted by Gasteiger charge is -2.51. The van der Waals surface area contributed by atoms with Gasteiger partial charge in [-0.1, -0.05) is 59.7 Å². The molecule has 12 nitrogen and oxygen atoms in total. The number of ether oxygens (including phenoxy) is 2. The maximum absolute atomic E-state index is 15.3. The third kappa shape index (κ3) is 4.84. The lowest BCUT2D eigenvalue weighted by Crippen LogP contribution is -2.53. The summed E-state index contributed by atoms with van der Waals surface area (Å²) >= 11 is 0. The summed E-state index contributed by atoms with van der Waals surface area (Å²) in [5, 5.41) is 21.1. The molecule has 1 saturated carbocycles. The van der Waals surface area contributed by atoms with E-state index in [4.69, 9.17) is 9.47 Å². The van der Waals surface area contributed by atoms with Crippen molar-refractivity contribution in [3.05, 3.63) is 95.1 Å². The van der Waals surface area contributed by atoms with Gasteiger partial charge < -0.3 is 19.7 Å². The second-order valence-corrected chi connectivity index (χ2v) is 13.3. The van der Waals surface area contributed by atoms with Crippen LogP contribution in [-0.4, -0.2) is 70.5 Å². The van der Waals surface area contributed by atoms with Gasteiger partial charge in [-0.05, 0) is 43.4 Å². The van der Waals surface area contributed by atoms with Crippen molar-refractivity contribution in [2.75, 3.05) is 26.2 Å². The van der Waals surface area contributed by atoms with E-state index in [1.54, 1.807) is 24.3 Å². The molecule has 258 valence electrons. The molecular formula is C38H37N3O9. The molecular weight excluding hydrogens is 642 g/mol. The Morgan fingerprint density at radius 2 is 1.58 bits per heavy atom. The van der Waals surface area contributed by atoms with Crippen LogP contribution in [-0.2, 0) is 29.4 Å². The van der Waals surface area contributed by atoms with E-state index in [0.29, 0.717) is 22.4 Å². The third-order valence-electron chi connectivity index (χ3n) is 10.9. The monoisotopic (exact) mass is 679 g/mol. The number of hydrogen-bond acceptors (Lipinski definition) is 9. The van der Waals surface area contributed by atoms with Crippen molar-refractivity contribution in [3.8, 4) is 17.2 Å². The number of imide groups is 2. The number of benzene rings is 3. The fourth-order valence-electron chi connectivity index (χ4n) is 8.76. The number of allylic oxidation sites excluding steroid dienone is 2. The topological polar surface area (TPSA) is 163 Å². The predicted octanol–water partition coefficient (Wildman–Crippen LogP) is 4.18. The Hall–Kier alpha value is -5.65. The SMILES string of the molecule is COc1cc(O)cc(OC)c1[C@H]1C2=CC[C@@H]3C(=O)N(CCC(=O)O)C(=O)[C@@H]3[C@@H]2C[C@H]2C(=O)N(Nc3ccc(C)cc3)C(=O)[C@@]12c1ccccc1. The highest BCUT2D eigenvalue weighted by molar-refractivity contribution is 6.13. The van der Waals surface area contributed by atoms with Crippen LogP contribution in [0.5, 0.6) is 17.2 Å². The van der Waals surface area contributed by atoms with E-state index in [-0.39, 0.29) is 36.6 Å². The van der Waals surface area contributed by atoms with Gasteiger partial charge in [-0.15, -0.1) is 0 Å². The number of fused-ring (bicyclic) bond motifs is 4. The molecule has 6 atom stereocenters. The molecule has 0 spiro atoms. The molecule has 2 heterocycles. The Morgan fingerprint density at radius 3 is 2.20 bits per heavy atom.